The third-order valence-corrected chi connectivity index (χ3v) is 5.85. The first-order valence-corrected chi connectivity index (χ1v) is 11.0. The summed E-state index contributed by atoms with van der Waals surface area (Å²) in [6.45, 7) is 1.84. The molecule has 0 saturated heterocycles. The Kier molecular flexibility index (Phi) is 9.01. The molecule has 1 aliphatic heterocycles. The molecule has 0 bridgehead atoms. The van der Waals surface area contributed by atoms with E-state index < -0.39 is 18.2 Å². The molecule has 0 amide bonds. The van der Waals surface area contributed by atoms with Crippen molar-refractivity contribution in [2.75, 3.05) is 46.4 Å². The monoisotopic (exact) mass is 471 g/mol. The van der Waals surface area contributed by atoms with Crippen molar-refractivity contribution in [3.63, 3.8) is 0 Å². The summed E-state index contributed by atoms with van der Waals surface area (Å²) in [6, 6.07) is 5.14. The van der Waals surface area contributed by atoms with E-state index in [1.807, 2.05) is 11.9 Å². The molecule has 0 saturated carbocycles. The molecule has 1 unspecified atom stereocenters. The van der Waals surface area contributed by atoms with Crippen molar-refractivity contribution in [2.45, 2.75) is 38.2 Å². The second-order valence-corrected chi connectivity index (χ2v) is 8.14. The average Bonchev–Trinajstić information content (AvgIpc) is 2.85. The summed E-state index contributed by atoms with van der Waals surface area (Å²) in [7, 11) is 6.58. The lowest BCUT2D eigenvalue weighted by molar-refractivity contribution is -0.116. The number of nitrogens with zero attached hydrogens (tertiary/aromatic N) is 5. The van der Waals surface area contributed by atoms with Crippen LogP contribution >= 0.6 is 0 Å². The van der Waals surface area contributed by atoms with E-state index in [2.05, 4.69) is 16.0 Å². The Balaban J connectivity index is 1.96. The molecule has 2 aromatic heterocycles. The van der Waals surface area contributed by atoms with Gasteiger partial charge in [-0.2, -0.15) is 5.26 Å². The highest BCUT2D eigenvalue weighted by molar-refractivity contribution is 5.63. The Morgan fingerprint density at radius 3 is 2.68 bits per heavy atom. The van der Waals surface area contributed by atoms with Crippen LogP contribution < -0.4 is 4.90 Å². The van der Waals surface area contributed by atoms with Crippen LogP contribution in [-0.2, 0) is 32.0 Å². The summed E-state index contributed by atoms with van der Waals surface area (Å²) in [5, 5.41) is 9.02. The maximum atomic E-state index is 14.3. The Labute approximate surface area is 199 Å². The number of aldehydes is 1. The summed E-state index contributed by atoms with van der Waals surface area (Å²) >= 11 is 0. The quantitative estimate of drug-likeness (QED) is 0.362. The van der Waals surface area contributed by atoms with Crippen LogP contribution in [0.4, 0.5) is 16.0 Å². The van der Waals surface area contributed by atoms with E-state index >= 15 is 0 Å². The summed E-state index contributed by atoms with van der Waals surface area (Å²) in [6.07, 6.45) is 3.15. The minimum absolute atomic E-state index is 0.0999. The minimum Gasteiger partial charge on any atom is -0.374 e. The molecule has 10 heteroatoms. The van der Waals surface area contributed by atoms with Crippen LogP contribution in [0.25, 0.3) is 0 Å². The third-order valence-electron chi connectivity index (χ3n) is 5.85. The standard InChI is InChI=1S/C24H30FN5O4/c1-29(9-7-19(15-31)32-2)14-17-10-16-6-5-8-30(21-11-20(25)18(12-26)13-27-21)23(16)28-22(17)24(33-3)34-4/h10-11,13,15,19,24H,5-9,14H2,1-4H3. The third kappa shape index (κ3) is 5.74. The lowest BCUT2D eigenvalue weighted by Crippen LogP contribution is -2.29. The molecular weight excluding hydrogens is 441 g/mol. The van der Waals surface area contributed by atoms with Crippen molar-refractivity contribution < 1.29 is 23.4 Å². The fourth-order valence-electron chi connectivity index (χ4n) is 4.04. The van der Waals surface area contributed by atoms with E-state index in [0.717, 1.165) is 30.3 Å². The van der Waals surface area contributed by atoms with Gasteiger partial charge in [-0.1, -0.05) is 0 Å². The van der Waals surface area contributed by atoms with Gasteiger partial charge in [-0.25, -0.2) is 14.4 Å². The number of hydrogen-bond acceptors (Lipinski definition) is 9. The fraction of sp³-hybridized carbons (Fsp3) is 0.500. The highest BCUT2D eigenvalue weighted by atomic mass is 19.1. The first-order valence-electron chi connectivity index (χ1n) is 11.0. The Morgan fingerprint density at radius 2 is 2.06 bits per heavy atom. The van der Waals surface area contributed by atoms with Crippen molar-refractivity contribution in [1.82, 2.24) is 14.9 Å². The predicted octanol–water partition coefficient (Wildman–Crippen LogP) is 2.90. The number of hydrogen-bond donors (Lipinski definition) is 0. The highest BCUT2D eigenvalue weighted by Crippen LogP contribution is 2.35. The zero-order valence-corrected chi connectivity index (χ0v) is 20.0. The van der Waals surface area contributed by atoms with Gasteiger partial charge in [0.1, 0.15) is 47.2 Å². The number of pyridine rings is 2. The van der Waals surface area contributed by atoms with E-state index in [-0.39, 0.29) is 5.56 Å². The summed E-state index contributed by atoms with van der Waals surface area (Å²) in [5.74, 6) is 0.449. The predicted molar refractivity (Wildman–Crippen MR) is 123 cm³/mol. The van der Waals surface area contributed by atoms with Gasteiger partial charge in [-0.3, -0.25) is 0 Å². The normalized spacial score (nSPS) is 14.2. The number of anilines is 2. The lowest BCUT2D eigenvalue weighted by atomic mass is 10.0. The average molecular weight is 472 g/mol. The largest absolute Gasteiger partial charge is 0.374 e. The second-order valence-electron chi connectivity index (χ2n) is 8.14. The Hall–Kier alpha value is -2.97. The molecule has 0 fully saturated rings. The van der Waals surface area contributed by atoms with Crippen molar-refractivity contribution in [3.8, 4) is 6.07 Å². The fourth-order valence-corrected chi connectivity index (χ4v) is 4.04. The number of aryl methyl sites for hydroxylation is 1. The zero-order valence-electron chi connectivity index (χ0n) is 20.0. The van der Waals surface area contributed by atoms with E-state index in [9.17, 15) is 9.18 Å². The molecule has 1 aliphatic rings. The van der Waals surface area contributed by atoms with Gasteiger partial charge >= 0.3 is 0 Å². The Morgan fingerprint density at radius 1 is 1.29 bits per heavy atom. The number of ether oxygens (including phenoxy) is 3. The second kappa shape index (κ2) is 11.9. The molecule has 2 aromatic rings. The molecule has 0 radical (unpaired) electrons. The summed E-state index contributed by atoms with van der Waals surface area (Å²) in [5.41, 5.74) is 2.47. The van der Waals surface area contributed by atoms with Gasteiger partial charge in [-0.05, 0) is 43.5 Å². The maximum Gasteiger partial charge on any atom is 0.200 e. The van der Waals surface area contributed by atoms with E-state index in [0.29, 0.717) is 43.4 Å². The molecule has 0 aliphatic carbocycles. The number of methoxy groups -OCH3 is 3. The number of rotatable bonds is 11. The molecular formula is C24H30FN5O4. The van der Waals surface area contributed by atoms with Crippen LogP contribution in [0, 0.1) is 17.1 Å². The van der Waals surface area contributed by atoms with Crippen LogP contribution in [0.1, 0.15) is 41.5 Å². The van der Waals surface area contributed by atoms with Gasteiger partial charge in [0.2, 0.25) is 6.29 Å². The molecule has 1 atom stereocenters. The summed E-state index contributed by atoms with van der Waals surface area (Å²) in [4.78, 5) is 24.2. The van der Waals surface area contributed by atoms with Crippen LogP contribution in [0.3, 0.4) is 0 Å². The molecule has 3 heterocycles. The molecule has 34 heavy (non-hydrogen) atoms. The summed E-state index contributed by atoms with van der Waals surface area (Å²) < 4.78 is 30.5. The van der Waals surface area contributed by atoms with E-state index in [1.54, 1.807) is 20.3 Å². The van der Waals surface area contributed by atoms with Crippen LogP contribution in [0.15, 0.2) is 18.3 Å². The van der Waals surface area contributed by atoms with Gasteiger partial charge < -0.3 is 28.8 Å². The topological polar surface area (TPSA) is 101 Å². The van der Waals surface area contributed by atoms with Gasteiger partial charge in [0.15, 0.2) is 0 Å². The number of fused-ring (bicyclic) bond motifs is 1. The van der Waals surface area contributed by atoms with Crippen molar-refractivity contribution >= 4 is 17.9 Å². The van der Waals surface area contributed by atoms with Crippen molar-refractivity contribution in [3.05, 3.63) is 46.5 Å². The SMILES string of the molecule is COC(C=O)CCN(C)Cc1cc2c(nc1C(OC)OC)N(c1cc(F)c(C#N)cn1)CCC2. The number of nitriles is 1. The highest BCUT2D eigenvalue weighted by Gasteiger charge is 2.27. The van der Waals surface area contributed by atoms with Gasteiger partial charge in [0, 0.05) is 47.0 Å². The first kappa shape index (κ1) is 25.6. The van der Waals surface area contributed by atoms with Gasteiger partial charge in [0.05, 0.1) is 6.20 Å². The van der Waals surface area contributed by atoms with Crippen molar-refractivity contribution in [1.29, 1.82) is 5.26 Å². The molecule has 182 valence electrons. The molecule has 0 spiro atoms. The number of carbonyl (C=O) groups excluding carboxylic acids is 1. The Bertz CT molecular complexity index is 1040. The first-order chi connectivity index (χ1) is 16.4. The van der Waals surface area contributed by atoms with Crippen LogP contribution in [0.5, 0.6) is 0 Å². The number of halogens is 1. The molecule has 9 nitrogen and oxygen atoms in total. The minimum atomic E-state index is -0.690. The van der Waals surface area contributed by atoms with E-state index in [1.165, 1.54) is 19.4 Å². The lowest BCUT2D eigenvalue weighted by Gasteiger charge is -2.32. The maximum absolute atomic E-state index is 14.3. The smallest absolute Gasteiger partial charge is 0.200 e. The zero-order chi connectivity index (χ0) is 24.7. The van der Waals surface area contributed by atoms with Crippen molar-refractivity contribution in [2.24, 2.45) is 0 Å². The van der Waals surface area contributed by atoms with Crippen LogP contribution in [0.2, 0.25) is 0 Å². The molecule has 3 rings (SSSR count). The van der Waals surface area contributed by atoms with E-state index in [4.69, 9.17) is 24.5 Å². The molecule has 0 N–H and O–H groups in total. The number of aromatic nitrogens is 2. The molecule has 0 aromatic carbocycles. The van der Waals surface area contributed by atoms with Crippen LogP contribution in [-0.4, -0.2) is 68.7 Å². The van der Waals surface area contributed by atoms with Gasteiger partial charge in [0.25, 0.3) is 0 Å². The number of carbonyl (C=O) groups is 1. The van der Waals surface area contributed by atoms with Gasteiger partial charge in [-0.15, -0.1) is 0 Å².